The SMILES string of the molecule is COC1N([C@H]2CC(N=[N+]=[N-])[C@@H](COP(C)(=O)Oc3ccc(Br)cc3)O2)C(=O)NC(=O)C1(C)Br. The molecule has 0 aromatic heterocycles. The highest BCUT2D eigenvalue weighted by atomic mass is 79.9. The van der Waals surface area contributed by atoms with E-state index in [0.717, 1.165) is 4.47 Å². The molecule has 1 aromatic carbocycles. The molecule has 2 heterocycles. The highest BCUT2D eigenvalue weighted by Gasteiger charge is 2.54. The van der Waals surface area contributed by atoms with Gasteiger partial charge in [-0.1, -0.05) is 37.0 Å². The van der Waals surface area contributed by atoms with Crippen LogP contribution in [0, 0.1) is 0 Å². The number of amides is 3. The lowest BCUT2D eigenvalue weighted by atomic mass is 10.0. The van der Waals surface area contributed by atoms with Crippen molar-refractivity contribution in [2.45, 2.75) is 42.3 Å². The van der Waals surface area contributed by atoms with Gasteiger partial charge in [0.25, 0.3) is 0 Å². The molecule has 1 N–H and O–H groups in total. The molecule has 1 aromatic rings. The lowest BCUT2D eigenvalue weighted by Gasteiger charge is -2.44. The second kappa shape index (κ2) is 10.3. The van der Waals surface area contributed by atoms with Crippen molar-refractivity contribution in [1.82, 2.24) is 10.2 Å². The first-order valence-electron chi connectivity index (χ1n) is 9.71. The van der Waals surface area contributed by atoms with Crippen LogP contribution in [0.2, 0.25) is 0 Å². The molecule has 12 nitrogen and oxygen atoms in total. The van der Waals surface area contributed by atoms with Crippen molar-refractivity contribution in [3.8, 4) is 5.75 Å². The predicted octanol–water partition coefficient (Wildman–Crippen LogP) is 4.14. The van der Waals surface area contributed by atoms with Gasteiger partial charge in [0.05, 0.1) is 18.8 Å². The third kappa shape index (κ3) is 5.89. The van der Waals surface area contributed by atoms with Crippen LogP contribution >= 0.6 is 39.5 Å². The summed E-state index contributed by atoms with van der Waals surface area (Å²) in [5.41, 5.74) is 8.96. The molecule has 0 bridgehead atoms. The Hall–Kier alpha value is -1.66. The Balaban J connectivity index is 1.72. The van der Waals surface area contributed by atoms with Crippen molar-refractivity contribution < 1.29 is 32.7 Å². The first kappa shape index (κ1) is 26.0. The van der Waals surface area contributed by atoms with E-state index in [1.165, 1.54) is 18.7 Å². The first-order chi connectivity index (χ1) is 15.5. The first-order valence-corrected chi connectivity index (χ1v) is 13.3. The molecular weight excluding hydrogens is 589 g/mol. The normalized spacial score (nSPS) is 31.5. The molecule has 6 atom stereocenters. The van der Waals surface area contributed by atoms with E-state index >= 15 is 0 Å². The number of urea groups is 1. The van der Waals surface area contributed by atoms with Gasteiger partial charge in [-0.15, -0.1) is 0 Å². The Morgan fingerprint density at radius 1 is 1.39 bits per heavy atom. The zero-order chi connectivity index (χ0) is 24.4. The zero-order valence-corrected chi connectivity index (χ0v) is 21.9. The molecule has 0 aliphatic carbocycles. The third-order valence-electron chi connectivity index (χ3n) is 5.11. The summed E-state index contributed by atoms with van der Waals surface area (Å²) in [6, 6.07) is 5.29. The molecule has 2 aliphatic heterocycles. The third-order valence-corrected chi connectivity index (χ3v) is 7.55. The molecule has 2 fully saturated rings. The van der Waals surface area contributed by atoms with Crippen molar-refractivity contribution in [2.75, 3.05) is 20.4 Å². The number of alkyl halides is 1. The Labute approximate surface area is 206 Å². The van der Waals surface area contributed by atoms with E-state index in [2.05, 4.69) is 47.2 Å². The van der Waals surface area contributed by atoms with Gasteiger partial charge in [0.2, 0.25) is 5.91 Å². The molecule has 4 unspecified atom stereocenters. The number of halogens is 2. The highest BCUT2D eigenvalue weighted by Crippen LogP contribution is 2.45. The van der Waals surface area contributed by atoms with E-state index in [1.807, 2.05) is 0 Å². The van der Waals surface area contributed by atoms with Gasteiger partial charge in [0.1, 0.15) is 16.3 Å². The molecule has 33 heavy (non-hydrogen) atoms. The van der Waals surface area contributed by atoms with Gasteiger partial charge >= 0.3 is 13.6 Å². The molecule has 3 amide bonds. The van der Waals surface area contributed by atoms with E-state index in [1.54, 1.807) is 31.2 Å². The number of hydrogen-bond donors (Lipinski definition) is 1. The summed E-state index contributed by atoms with van der Waals surface area (Å²) in [7, 11) is -2.18. The summed E-state index contributed by atoms with van der Waals surface area (Å²) in [4.78, 5) is 28.8. The van der Waals surface area contributed by atoms with Crippen molar-refractivity contribution in [3.05, 3.63) is 39.2 Å². The summed E-state index contributed by atoms with van der Waals surface area (Å²) in [5, 5.41) is 5.98. The van der Waals surface area contributed by atoms with Crippen LogP contribution in [-0.2, 0) is 23.4 Å². The fourth-order valence-electron chi connectivity index (χ4n) is 3.53. The molecule has 15 heteroatoms. The molecular formula is C18H22Br2N5O7P. The largest absolute Gasteiger partial charge is 0.425 e. The van der Waals surface area contributed by atoms with Gasteiger partial charge in [-0.25, -0.2) is 9.36 Å². The summed E-state index contributed by atoms with van der Waals surface area (Å²) < 4.78 is 34.7. The maximum Gasteiger partial charge on any atom is 0.376 e. The lowest BCUT2D eigenvalue weighted by molar-refractivity contribution is -0.152. The minimum Gasteiger partial charge on any atom is -0.425 e. The summed E-state index contributed by atoms with van der Waals surface area (Å²) in [5.74, 6) is -0.202. The highest BCUT2D eigenvalue weighted by molar-refractivity contribution is 9.10. The lowest BCUT2D eigenvalue weighted by Crippen LogP contribution is -2.69. The minimum atomic E-state index is -3.54. The van der Waals surface area contributed by atoms with E-state index in [0.29, 0.717) is 5.75 Å². The second-order valence-electron chi connectivity index (χ2n) is 7.58. The molecule has 3 rings (SSSR count). The van der Waals surface area contributed by atoms with E-state index in [9.17, 15) is 14.2 Å². The molecule has 0 radical (unpaired) electrons. The Morgan fingerprint density at radius 2 is 2.06 bits per heavy atom. The van der Waals surface area contributed by atoms with Gasteiger partial charge in [-0.05, 0) is 36.7 Å². The molecule has 0 spiro atoms. The maximum absolute atomic E-state index is 12.8. The van der Waals surface area contributed by atoms with Crippen molar-refractivity contribution in [2.24, 2.45) is 5.11 Å². The monoisotopic (exact) mass is 609 g/mol. The topological polar surface area (TPSA) is 152 Å². The Morgan fingerprint density at radius 3 is 2.67 bits per heavy atom. The van der Waals surface area contributed by atoms with Crippen molar-refractivity contribution in [3.63, 3.8) is 0 Å². The van der Waals surface area contributed by atoms with Crippen LogP contribution in [0.25, 0.3) is 10.4 Å². The Bertz CT molecular complexity index is 1000. The number of ether oxygens (including phenoxy) is 2. The van der Waals surface area contributed by atoms with Gasteiger partial charge in [-0.3, -0.25) is 19.5 Å². The molecule has 2 aliphatic rings. The number of hydrogen-bond acceptors (Lipinski definition) is 8. The fraction of sp³-hybridized carbons (Fsp3) is 0.556. The molecule has 0 saturated carbocycles. The maximum atomic E-state index is 12.8. The molecule has 2 saturated heterocycles. The standard InChI is InChI=1S/C18H22Br2N5O7P/c1-18(20)15(26)22-17(27)25(16(18)29-2)14-8-12(23-24-21)13(31-14)9-30-33(3,28)32-11-6-4-10(19)5-7-11/h4-7,12-14,16H,8-9H2,1-3H3,(H,22,26,27)/t12?,13-,14-,16?,18?,33?/m1/s1. The van der Waals surface area contributed by atoms with Crippen molar-refractivity contribution >= 4 is 51.4 Å². The van der Waals surface area contributed by atoms with E-state index < -0.39 is 48.5 Å². The van der Waals surface area contributed by atoms with Crippen LogP contribution in [0.3, 0.4) is 0 Å². The Kier molecular flexibility index (Phi) is 8.11. The van der Waals surface area contributed by atoms with Crippen LogP contribution in [0.5, 0.6) is 5.75 Å². The van der Waals surface area contributed by atoms with E-state index in [-0.39, 0.29) is 13.0 Å². The van der Waals surface area contributed by atoms with E-state index in [4.69, 9.17) is 24.1 Å². The number of azide groups is 1. The quantitative estimate of drug-likeness (QED) is 0.153. The summed E-state index contributed by atoms with van der Waals surface area (Å²) in [6.45, 7) is 2.65. The smallest absolute Gasteiger partial charge is 0.376 e. The predicted molar refractivity (Wildman–Crippen MR) is 124 cm³/mol. The van der Waals surface area contributed by atoms with Crippen LogP contribution < -0.4 is 9.84 Å². The minimum absolute atomic E-state index is 0.115. The van der Waals surface area contributed by atoms with Gasteiger partial charge in [-0.2, -0.15) is 0 Å². The number of nitrogens with one attached hydrogen (secondary N) is 1. The summed E-state index contributed by atoms with van der Waals surface area (Å²) in [6.07, 6.45) is -2.59. The van der Waals surface area contributed by atoms with Crippen LogP contribution in [0.1, 0.15) is 13.3 Å². The van der Waals surface area contributed by atoms with Crippen molar-refractivity contribution in [1.29, 1.82) is 0 Å². The number of rotatable bonds is 8. The molecule has 180 valence electrons. The average molecular weight is 611 g/mol. The van der Waals surface area contributed by atoms with Crippen LogP contribution in [0.15, 0.2) is 33.9 Å². The fourth-order valence-corrected chi connectivity index (χ4v) is 5.27. The van der Waals surface area contributed by atoms with Gasteiger partial charge < -0.3 is 14.0 Å². The number of imide groups is 1. The number of carbonyl (C=O) groups is 2. The van der Waals surface area contributed by atoms with Gasteiger partial charge in [0, 0.05) is 29.6 Å². The van der Waals surface area contributed by atoms with Crippen LogP contribution in [-0.4, -0.2) is 66.1 Å². The average Bonchev–Trinajstić information content (AvgIpc) is 3.13. The number of carbonyl (C=O) groups excluding carboxylic acids is 2. The van der Waals surface area contributed by atoms with Gasteiger partial charge in [0.15, 0.2) is 6.23 Å². The number of benzene rings is 1. The summed E-state index contributed by atoms with van der Waals surface area (Å²) >= 11 is 6.61. The van der Waals surface area contributed by atoms with Crippen LogP contribution in [0.4, 0.5) is 4.79 Å². The second-order valence-corrected chi connectivity index (χ2v) is 12.1. The zero-order valence-electron chi connectivity index (χ0n) is 17.9. The number of nitrogens with zero attached hydrogens (tertiary/aromatic N) is 4. The number of methoxy groups -OCH3 is 1.